The molecule has 1 fully saturated rings. The molecule has 1 aromatic carbocycles. The van der Waals surface area contributed by atoms with Crippen LogP contribution in [0.4, 0.5) is 0 Å². The van der Waals surface area contributed by atoms with Crippen LogP contribution in [0.15, 0.2) is 27.9 Å². The Labute approximate surface area is 162 Å². The van der Waals surface area contributed by atoms with Gasteiger partial charge in [-0.25, -0.2) is 13.2 Å². The van der Waals surface area contributed by atoms with E-state index in [2.05, 4.69) is 14.9 Å². The quantitative estimate of drug-likeness (QED) is 0.572. The van der Waals surface area contributed by atoms with Crippen molar-refractivity contribution < 1.29 is 18.3 Å². The lowest BCUT2D eigenvalue weighted by molar-refractivity contribution is -0.137. The summed E-state index contributed by atoms with van der Waals surface area (Å²) < 4.78 is 27.1. The Bertz CT molecular complexity index is 947. The smallest absolute Gasteiger partial charge is 0.323 e. The largest absolute Gasteiger partial charge is 0.481 e. The number of unbranched alkanes of at least 4 members (excludes halogenated alkanes) is 1. The van der Waals surface area contributed by atoms with Gasteiger partial charge in [-0.15, -0.1) is 12.4 Å². The van der Waals surface area contributed by atoms with Gasteiger partial charge in [-0.1, -0.05) is 0 Å². The predicted molar refractivity (Wildman–Crippen MR) is 103 cm³/mol. The first-order valence-electron chi connectivity index (χ1n) is 8.52. The SMILES string of the molecule is Cl.O=C(O)CCCCN1CCN(S(=O)(=O)c2ccc3[nH]c(=O)[nH]c3c2)CC1. The molecule has 1 saturated heterocycles. The maximum atomic E-state index is 12.8. The number of carboxylic acids is 1. The fraction of sp³-hybridized carbons (Fsp3) is 0.500. The number of rotatable bonds is 7. The van der Waals surface area contributed by atoms with Gasteiger partial charge in [0.25, 0.3) is 0 Å². The standard InChI is InChI=1S/C16H22N4O5S.ClH/c21-15(22)3-1-2-6-19-7-9-20(10-8-19)26(24,25)12-4-5-13-14(11-12)18-16(23)17-13;/h4-5,11H,1-3,6-10H2,(H,21,22)(H2,17,18,23);1H. The first-order valence-corrected chi connectivity index (χ1v) is 9.96. The van der Waals surface area contributed by atoms with Crippen LogP contribution in [0.25, 0.3) is 11.0 Å². The Morgan fingerprint density at radius 3 is 2.41 bits per heavy atom. The van der Waals surface area contributed by atoms with Crippen LogP contribution in [-0.4, -0.2) is 71.4 Å². The van der Waals surface area contributed by atoms with E-state index in [1.165, 1.54) is 16.4 Å². The highest BCUT2D eigenvalue weighted by molar-refractivity contribution is 7.89. The number of imidazole rings is 1. The Balaban J connectivity index is 0.00000261. The summed E-state index contributed by atoms with van der Waals surface area (Å²) in [6.45, 7) is 2.80. The first kappa shape index (κ1) is 21.4. The minimum atomic E-state index is -3.61. The fourth-order valence-corrected chi connectivity index (χ4v) is 4.58. The summed E-state index contributed by atoms with van der Waals surface area (Å²) in [5, 5.41) is 8.64. The molecular weight excluding hydrogens is 396 g/mol. The van der Waals surface area contributed by atoms with Crippen molar-refractivity contribution in [3.63, 3.8) is 0 Å². The minimum Gasteiger partial charge on any atom is -0.481 e. The van der Waals surface area contributed by atoms with Crippen LogP contribution in [0, 0.1) is 0 Å². The van der Waals surface area contributed by atoms with Crippen LogP contribution in [0.5, 0.6) is 0 Å². The number of carboxylic acid groups (broad SMARTS) is 1. The van der Waals surface area contributed by atoms with Crippen molar-refractivity contribution in [2.45, 2.75) is 24.2 Å². The highest BCUT2D eigenvalue weighted by atomic mass is 35.5. The molecule has 1 aliphatic heterocycles. The average molecular weight is 419 g/mol. The number of sulfonamides is 1. The summed E-state index contributed by atoms with van der Waals surface area (Å²) in [7, 11) is -3.61. The second kappa shape index (κ2) is 8.87. The number of aliphatic carboxylic acids is 1. The third-order valence-electron chi connectivity index (χ3n) is 4.57. The first-order chi connectivity index (χ1) is 12.4. The number of hydrogen-bond donors (Lipinski definition) is 3. The monoisotopic (exact) mass is 418 g/mol. The summed E-state index contributed by atoms with van der Waals surface area (Å²) in [5.41, 5.74) is 0.666. The lowest BCUT2D eigenvalue weighted by Gasteiger charge is -2.33. The van der Waals surface area contributed by atoms with Crippen molar-refractivity contribution >= 4 is 39.4 Å². The number of aromatic amines is 2. The Hall–Kier alpha value is -1.88. The molecule has 0 radical (unpaired) electrons. The number of aromatic nitrogens is 2. The molecule has 27 heavy (non-hydrogen) atoms. The van der Waals surface area contributed by atoms with Gasteiger partial charge in [-0.3, -0.25) is 4.79 Å². The van der Waals surface area contributed by atoms with Gasteiger partial charge >= 0.3 is 11.7 Å². The van der Waals surface area contributed by atoms with Gasteiger partial charge in [-0.2, -0.15) is 4.31 Å². The zero-order chi connectivity index (χ0) is 18.7. The zero-order valence-electron chi connectivity index (χ0n) is 14.7. The highest BCUT2D eigenvalue weighted by Crippen LogP contribution is 2.20. The maximum Gasteiger partial charge on any atom is 0.323 e. The van der Waals surface area contributed by atoms with Gasteiger partial charge in [0.05, 0.1) is 15.9 Å². The molecule has 3 N–H and O–H groups in total. The van der Waals surface area contributed by atoms with Crippen molar-refractivity contribution in [3.8, 4) is 0 Å². The van der Waals surface area contributed by atoms with E-state index in [0.29, 0.717) is 43.6 Å². The van der Waals surface area contributed by atoms with E-state index >= 15 is 0 Å². The van der Waals surface area contributed by atoms with E-state index in [1.807, 2.05) is 0 Å². The predicted octanol–water partition coefficient (Wildman–Crippen LogP) is 0.839. The fourth-order valence-electron chi connectivity index (χ4n) is 3.13. The number of carbonyl (C=O) groups is 1. The van der Waals surface area contributed by atoms with Crippen molar-refractivity contribution in [3.05, 3.63) is 28.7 Å². The number of H-pyrrole nitrogens is 2. The second-order valence-corrected chi connectivity index (χ2v) is 8.32. The van der Waals surface area contributed by atoms with E-state index in [4.69, 9.17) is 5.11 Å². The van der Waals surface area contributed by atoms with E-state index in [0.717, 1.165) is 13.0 Å². The molecule has 0 saturated carbocycles. The van der Waals surface area contributed by atoms with Gasteiger partial charge in [0.1, 0.15) is 0 Å². The third kappa shape index (κ3) is 5.10. The van der Waals surface area contributed by atoms with E-state index in [9.17, 15) is 18.0 Å². The molecule has 0 spiro atoms. The molecule has 9 nitrogen and oxygen atoms in total. The summed E-state index contributed by atoms with van der Waals surface area (Å²) in [4.78, 5) is 29.3. The van der Waals surface area contributed by atoms with Crippen LogP contribution < -0.4 is 5.69 Å². The second-order valence-electron chi connectivity index (χ2n) is 6.38. The van der Waals surface area contributed by atoms with Gasteiger partial charge in [0.2, 0.25) is 10.0 Å². The van der Waals surface area contributed by atoms with E-state index in [-0.39, 0.29) is 29.4 Å². The van der Waals surface area contributed by atoms with Gasteiger partial charge in [0, 0.05) is 32.6 Å². The third-order valence-corrected chi connectivity index (χ3v) is 6.47. The molecule has 11 heteroatoms. The summed E-state index contributed by atoms with van der Waals surface area (Å²) >= 11 is 0. The lowest BCUT2D eigenvalue weighted by Crippen LogP contribution is -2.48. The summed E-state index contributed by atoms with van der Waals surface area (Å²) in [6, 6.07) is 4.55. The van der Waals surface area contributed by atoms with E-state index < -0.39 is 16.0 Å². The molecule has 3 rings (SSSR count). The Morgan fingerprint density at radius 2 is 1.74 bits per heavy atom. The molecule has 1 aliphatic rings. The van der Waals surface area contributed by atoms with Crippen LogP contribution >= 0.6 is 12.4 Å². The number of piperazine rings is 1. The van der Waals surface area contributed by atoms with Crippen LogP contribution in [0.2, 0.25) is 0 Å². The number of nitrogens with one attached hydrogen (secondary N) is 2. The highest BCUT2D eigenvalue weighted by Gasteiger charge is 2.28. The molecule has 0 aliphatic carbocycles. The molecule has 2 aromatic rings. The Morgan fingerprint density at radius 1 is 1.07 bits per heavy atom. The summed E-state index contributed by atoms with van der Waals surface area (Å²) in [5.74, 6) is -0.790. The number of benzene rings is 1. The normalized spacial score (nSPS) is 16.3. The summed E-state index contributed by atoms with van der Waals surface area (Å²) in [6.07, 6.45) is 1.58. The molecule has 150 valence electrons. The average Bonchev–Trinajstić information content (AvgIpc) is 2.98. The van der Waals surface area contributed by atoms with E-state index in [1.54, 1.807) is 6.07 Å². The number of nitrogens with zero attached hydrogens (tertiary/aromatic N) is 2. The number of fused-ring (bicyclic) bond motifs is 1. The van der Waals surface area contributed by atoms with Gasteiger partial charge in [-0.05, 0) is 37.6 Å². The van der Waals surface area contributed by atoms with Gasteiger partial charge in [0.15, 0.2) is 0 Å². The molecule has 0 unspecified atom stereocenters. The molecular formula is C16H23ClN4O5S. The topological polar surface area (TPSA) is 127 Å². The van der Waals surface area contributed by atoms with Crippen molar-refractivity contribution in [2.75, 3.05) is 32.7 Å². The van der Waals surface area contributed by atoms with Crippen molar-refractivity contribution in [2.24, 2.45) is 0 Å². The maximum absolute atomic E-state index is 12.8. The van der Waals surface area contributed by atoms with Crippen LogP contribution in [0.1, 0.15) is 19.3 Å². The van der Waals surface area contributed by atoms with Crippen molar-refractivity contribution in [1.82, 2.24) is 19.2 Å². The lowest BCUT2D eigenvalue weighted by atomic mass is 10.2. The molecule has 0 atom stereocenters. The van der Waals surface area contributed by atoms with Crippen LogP contribution in [-0.2, 0) is 14.8 Å². The Kier molecular flexibility index (Phi) is 7.04. The zero-order valence-corrected chi connectivity index (χ0v) is 16.3. The number of hydrogen-bond acceptors (Lipinski definition) is 5. The van der Waals surface area contributed by atoms with Crippen molar-refractivity contribution in [1.29, 1.82) is 0 Å². The molecule has 0 bridgehead atoms. The van der Waals surface area contributed by atoms with Gasteiger partial charge < -0.3 is 20.0 Å². The molecule has 2 heterocycles. The molecule has 1 aromatic heterocycles. The minimum absolute atomic E-state index is 0. The molecule has 0 amide bonds. The number of halogens is 1. The van der Waals surface area contributed by atoms with Crippen LogP contribution in [0.3, 0.4) is 0 Å².